The largest absolute Gasteiger partial charge is 0.332 e. The summed E-state index contributed by atoms with van der Waals surface area (Å²) in [6.07, 6.45) is 3.53. The summed E-state index contributed by atoms with van der Waals surface area (Å²) >= 11 is 0. The molecular weight excluding hydrogens is 433 g/mol. The summed E-state index contributed by atoms with van der Waals surface area (Å²) in [5.74, 6) is -0.173. The normalized spacial score (nSPS) is 10.9. The van der Waals surface area contributed by atoms with Gasteiger partial charge in [-0.05, 0) is 42.3 Å². The Kier molecular flexibility index (Phi) is 5.70. The predicted molar refractivity (Wildman–Crippen MR) is 126 cm³/mol. The zero-order chi connectivity index (χ0) is 23.5. The fraction of sp³-hybridized carbons (Fsp3) is 0.0769. The van der Waals surface area contributed by atoms with Crippen molar-refractivity contribution in [1.82, 2.24) is 19.7 Å². The van der Waals surface area contributed by atoms with E-state index in [0.717, 1.165) is 16.7 Å². The van der Waals surface area contributed by atoms with Crippen molar-refractivity contribution >= 4 is 11.6 Å². The average molecular weight is 453 g/mol. The molecule has 0 bridgehead atoms. The van der Waals surface area contributed by atoms with E-state index in [1.165, 1.54) is 12.1 Å². The molecule has 1 N–H and O–H groups in total. The quantitative estimate of drug-likeness (QED) is 0.375. The monoisotopic (exact) mass is 453 g/mol. The topological polar surface area (TPSA) is 85.8 Å². The molecule has 2 heterocycles. The van der Waals surface area contributed by atoms with Gasteiger partial charge in [0.2, 0.25) is 5.82 Å². The molecule has 7 nitrogen and oxygen atoms in total. The summed E-state index contributed by atoms with van der Waals surface area (Å²) in [6.45, 7) is 2.56. The molecule has 8 heteroatoms. The van der Waals surface area contributed by atoms with Crippen molar-refractivity contribution < 1.29 is 13.7 Å². The molecule has 0 saturated carbocycles. The highest BCUT2D eigenvalue weighted by molar-refractivity contribution is 6.04. The fourth-order valence-electron chi connectivity index (χ4n) is 3.57. The summed E-state index contributed by atoms with van der Waals surface area (Å²) in [5, 5.41) is 6.79. The molecule has 0 aliphatic heterocycles. The van der Waals surface area contributed by atoms with Gasteiger partial charge in [0.25, 0.3) is 11.8 Å². The molecule has 0 aliphatic carbocycles. The average Bonchev–Trinajstić information content (AvgIpc) is 3.51. The zero-order valence-electron chi connectivity index (χ0n) is 18.3. The molecule has 2 aromatic heterocycles. The lowest BCUT2D eigenvalue weighted by Gasteiger charge is -2.08. The third-order valence-electron chi connectivity index (χ3n) is 5.36. The highest BCUT2D eigenvalue weighted by atomic mass is 19.1. The number of nitrogens with one attached hydrogen (secondary N) is 1. The van der Waals surface area contributed by atoms with E-state index in [9.17, 15) is 9.18 Å². The summed E-state index contributed by atoms with van der Waals surface area (Å²) in [4.78, 5) is 21.1. The lowest BCUT2D eigenvalue weighted by atomic mass is 10.1. The van der Waals surface area contributed by atoms with Crippen molar-refractivity contribution in [2.45, 2.75) is 13.5 Å². The third-order valence-corrected chi connectivity index (χ3v) is 5.36. The van der Waals surface area contributed by atoms with Gasteiger partial charge in [0.15, 0.2) is 0 Å². The lowest BCUT2D eigenvalue weighted by Crippen LogP contribution is -2.13. The fourth-order valence-corrected chi connectivity index (χ4v) is 3.57. The summed E-state index contributed by atoms with van der Waals surface area (Å²) in [5.41, 5.74) is 4.15. The van der Waals surface area contributed by atoms with Crippen LogP contribution in [0.4, 0.5) is 10.1 Å². The Morgan fingerprint density at radius 1 is 1.03 bits per heavy atom. The minimum Gasteiger partial charge on any atom is -0.332 e. The molecule has 0 saturated heterocycles. The van der Waals surface area contributed by atoms with Gasteiger partial charge in [-0.3, -0.25) is 4.79 Å². The number of aryl methyl sites for hydroxylation is 1. The molecule has 5 rings (SSSR count). The number of imidazole rings is 1. The molecule has 0 radical (unpaired) electrons. The molecule has 0 fully saturated rings. The number of nitrogens with zero attached hydrogens (tertiary/aromatic N) is 4. The van der Waals surface area contributed by atoms with Gasteiger partial charge in [0.05, 0.1) is 11.9 Å². The molecule has 0 spiro atoms. The van der Waals surface area contributed by atoms with Crippen LogP contribution in [0, 0.1) is 12.7 Å². The molecule has 1 amide bonds. The van der Waals surface area contributed by atoms with E-state index >= 15 is 0 Å². The lowest BCUT2D eigenvalue weighted by molar-refractivity contribution is 0.102. The maximum absolute atomic E-state index is 13.8. The molecule has 34 heavy (non-hydrogen) atoms. The van der Waals surface area contributed by atoms with Crippen LogP contribution in [-0.4, -0.2) is 25.6 Å². The summed E-state index contributed by atoms with van der Waals surface area (Å²) in [7, 11) is 0. The van der Waals surface area contributed by atoms with Crippen molar-refractivity contribution in [3.05, 3.63) is 108 Å². The van der Waals surface area contributed by atoms with Gasteiger partial charge in [-0.25, -0.2) is 9.37 Å². The zero-order valence-corrected chi connectivity index (χ0v) is 18.3. The van der Waals surface area contributed by atoms with Gasteiger partial charge < -0.3 is 14.4 Å². The second-order valence-corrected chi connectivity index (χ2v) is 7.80. The number of carbonyl (C=O) groups is 1. The van der Waals surface area contributed by atoms with E-state index in [2.05, 4.69) is 20.4 Å². The number of amides is 1. The standard InChI is InChI=1S/C26H20FN5O2/c1-17-6-2-3-7-20(17)24-30-26(34-31-24)23-15-32(16-28-23)14-18-10-12-19(13-11-18)29-25(33)21-8-4-5-9-22(21)27/h2-13,15-16H,14H2,1H3,(H,29,33). The second-order valence-electron chi connectivity index (χ2n) is 7.80. The number of aromatic nitrogens is 4. The Morgan fingerprint density at radius 2 is 1.79 bits per heavy atom. The first-order valence-corrected chi connectivity index (χ1v) is 10.6. The Balaban J connectivity index is 1.25. The van der Waals surface area contributed by atoms with Crippen LogP contribution in [0.25, 0.3) is 23.0 Å². The minimum atomic E-state index is -0.556. The molecule has 3 aromatic carbocycles. The van der Waals surface area contributed by atoms with Crippen molar-refractivity contribution in [1.29, 1.82) is 0 Å². The van der Waals surface area contributed by atoms with Gasteiger partial charge in [0, 0.05) is 24.0 Å². The molecular formula is C26H20FN5O2. The first-order chi connectivity index (χ1) is 16.6. The SMILES string of the molecule is Cc1ccccc1-c1noc(-c2cn(Cc3ccc(NC(=O)c4ccccc4F)cc3)cn2)n1. The molecule has 168 valence electrons. The van der Waals surface area contributed by atoms with Crippen molar-refractivity contribution in [2.75, 3.05) is 5.32 Å². The molecule has 0 unspecified atom stereocenters. The van der Waals surface area contributed by atoms with Crippen molar-refractivity contribution in [3.8, 4) is 23.0 Å². The maximum Gasteiger partial charge on any atom is 0.278 e. The second kappa shape index (κ2) is 9.11. The van der Waals surface area contributed by atoms with Crippen LogP contribution in [0.5, 0.6) is 0 Å². The van der Waals surface area contributed by atoms with Crippen LogP contribution in [0.1, 0.15) is 21.5 Å². The Morgan fingerprint density at radius 3 is 2.59 bits per heavy atom. The molecule has 0 atom stereocenters. The smallest absolute Gasteiger partial charge is 0.278 e. The van der Waals surface area contributed by atoms with Crippen molar-refractivity contribution in [3.63, 3.8) is 0 Å². The van der Waals surface area contributed by atoms with E-state index in [-0.39, 0.29) is 5.56 Å². The number of halogens is 1. The van der Waals surface area contributed by atoms with E-state index in [1.807, 2.05) is 54.1 Å². The Hall–Kier alpha value is -4.59. The van der Waals surface area contributed by atoms with Crippen LogP contribution in [0.15, 0.2) is 89.8 Å². The van der Waals surface area contributed by atoms with Gasteiger partial charge in [-0.1, -0.05) is 53.7 Å². The highest BCUT2D eigenvalue weighted by Gasteiger charge is 2.15. The van der Waals surface area contributed by atoms with Crippen LogP contribution >= 0.6 is 0 Å². The van der Waals surface area contributed by atoms with E-state index in [1.54, 1.807) is 30.6 Å². The minimum absolute atomic E-state index is 0.00382. The summed E-state index contributed by atoms with van der Waals surface area (Å²) in [6, 6.07) is 21.0. The first kappa shape index (κ1) is 21.3. The molecule has 5 aromatic rings. The first-order valence-electron chi connectivity index (χ1n) is 10.6. The summed E-state index contributed by atoms with van der Waals surface area (Å²) < 4.78 is 21.1. The van der Waals surface area contributed by atoms with Gasteiger partial charge >= 0.3 is 0 Å². The van der Waals surface area contributed by atoms with Gasteiger partial charge in [-0.15, -0.1) is 0 Å². The number of hydrogen-bond acceptors (Lipinski definition) is 5. The van der Waals surface area contributed by atoms with Gasteiger partial charge in [-0.2, -0.15) is 4.98 Å². The molecule has 0 aliphatic rings. The highest BCUT2D eigenvalue weighted by Crippen LogP contribution is 2.23. The third kappa shape index (κ3) is 4.47. The van der Waals surface area contributed by atoms with Crippen LogP contribution in [0.3, 0.4) is 0 Å². The Labute approximate surface area is 194 Å². The van der Waals surface area contributed by atoms with Gasteiger partial charge in [0.1, 0.15) is 11.5 Å². The number of carbonyl (C=O) groups excluding carboxylic acids is 1. The van der Waals surface area contributed by atoms with Crippen molar-refractivity contribution in [2.24, 2.45) is 0 Å². The van der Waals surface area contributed by atoms with Crippen LogP contribution in [-0.2, 0) is 6.54 Å². The van der Waals surface area contributed by atoms with Crippen LogP contribution in [0.2, 0.25) is 0 Å². The van der Waals surface area contributed by atoms with Crippen LogP contribution < -0.4 is 5.32 Å². The van der Waals surface area contributed by atoms with E-state index in [0.29, 0.717) is 29.6 Å². The predicted octanol–water partition coefficient (Wildman–Crippen LogP) is 5.35. The number of anilines is 1. The Bertz CT molecular complexity index is 1460. The van der Waals surface area contributed by atoms with E-state index in [4.69, 9.17) is 4.52 Å². The number of rotatable bonds is 6. The maximum atomic E-state index is 13.8. The number of benzene rings is 3. The number of hydrogen-bond donors (Lipinski definition) is 1. The van der Waals surface area contributed by atoms with E-state index < -0.39 is 11.7 Å².